The van der Waals surface area contributed by atoms with Gasteiger partial charge in [0.05, 0.1) is 51.4 Å². The summed E-state index contributed by atoms with van der Waals surface area (Å²) < 4.78 is 75.1. The Labute approximate surface area is 356 Å². The number of nitrogens with zero attached hydrogens (tertiary/aromatic N) is 2. The average Bonchev–Trinajstić information content (AvgIpc) is 3.57. The number of unbranched alkanes of at least 4 members (excludes halogenated alkanes) is 1. The largest absolute Gasteiger partial charge is 0.495 e. The molecular formula is C51H53F3N2O5. The first-order valence-corrected chi connectivity index (χ1v) is 22.1. The van der Waals surface area contributed by atoms with Crippen molar-refractivity contribution in [1.82, 2.24) is 0 Å². The molecule has 1 atom stereocenters. The predicted octanol–water partition coefficient (Wildman–Crippen LogP) is 11.3. The second-order valence-corrected chi connectivity index (χ2v) is 17.1. The van der Waals surface area contributed by atoms with E-state index in [4.69, 9.17) is 23.7 Å². The van der Waals surface area contributed by atoms with Crippen LogP contribution >= 0.6 is 0 Å². The van der Waals surface area contributed by atoms with Gasteiger partial charge < -0.3 is 33.5 Å². The highest BCUT2D eigenvalue weighted by Gasteiger charge is 2.50. The Bertz CT molecular complexity index is 2450. The number of rotatable bonds is 9. The van der Waals surface area contributed by atoms with Gasteiger partial charge in [0.25, 0.3) is 0 Å². The Kier molecular flexibility index (Phi) is 10.4. The lowest BCUT2D eigenvalue weighted by Crippen LogP contribution is -2.37. The Morgan fingerprint density at radius 1 is 0.754 bits per heavy atom. The highest BCUT2D eigenvalue weighted by atomic mass is 19.4. The van der Waals surface area contributed by atoms with E-state index in [1.54, 1.807) is 13.2 Å². The van der Waals surface area contributed by atoms with Gasteiger partial charge in [-0.3, -0.25) is 0 Å². The zero-order valence-electron chi connectivity index (χ0n) is 35.0. The van der Waals surface area contributed by atoms with Crippen molar-refractivity contribution in [2.45, 2.75) is 69.1 Å². The smallest absolute Gasteiger partial charge is 0.416 e. The van der Waals surface area contributed by atoms with Crippen LogP contribution in [0.25, 0.3) is 28.0 Å². The molecule has 7 nitrogen and oxygen atoms in total. The van der Waals surface area contributed by atoms with Gasteiger partial charge in [0.1, 0.15) is 17.2 Å². The molecule has 3 aliphatic heterocycles. The third kappa shape index (κ3) is 6.81. The van der Waals surface area contributed by atoms with Crippen LogP contribution in [-0.2, 0) is 26.7 Å². The van der Waals surface area contributed by atoms with E-state index >= 15 is 0 Å². The van der Waals surface area contributed by atoms with Crippen molar-refractivity contribution in [3.8, 4) is 28.4 Å². The first kappa shape index (κ1) is 39.9. The minimum atomic E-state index is -4.46. The van der Waals surface area contributed by atoms with Crippen LogP contribution in [0.3, 0.4) is 0 Å². The summed E-state index contributed by atoms with van der Waals surface area (Å²) in [7, 11) is 1.70. The standard InChI is InChI=1S/C51H53F3N2O5/c1-3-4-26-60-38-15-10-35(11-16-38)50(34-8-13-37(14-9-34)55-22-27-58-28-23-55)21-18-40-47-46(39-17-12-36(51(52,53)54)31-43(39)49(47)19-6-5-7-20-49)41-32-44(56-24-29-59-30-25-56)45(57-2)33-42(41)48(40)61-50/h8-18,21,31-33H,3-7,19-20,22-30H2,1-2H3. The molecule has 2 saturated heterocycles. The zero-order valence-corrected chi connectivity index (χ0v) is 35.0. The van der Waals surface area contributed by atoms with E-state index in [1.807, 2.05) is 12.1 Å². The second-order valence-electron chi connectivity index (χ2n) is 17.1. The number of alkyl halides is 3. The molecule has 5 aromatic rings. The quantitative estimate of drug-likeness (QED) is 0.137. The number of morpholine rings is 2. The minimum absolute atomic E-state index is 0.596. The van der Waals surface area contributed by atoms with Crippen LogP contribution in [0.2, 0.25) is 0 Å². The Hall–Kier alpha value is -5.19. The van der Waals surface area contributed by atoms with Crippen molar-refractivity contribution >= 4 is 28.2 Å². The van der Waals surface area contributed by atoms with Crippen LogP contribution < -0.4 is 24.0 Å². The van der Waals surface area contributed by atoms with Crippen molar-refractivity contribution in [2.75, 3.05) is 76.1 Å². The molecule has 1 spiro atoms. The van der Waals surface area contributed by atoms with E-state index in [9.17, 15) is 13.2 Å². The van der Waals surface area contributed by atoms with E-state index in [0.717, 1.165) is 125 Å². The predicted molar refractivity (Wildman–Crippen MR) is 235 cm³/mol. The van der Waals surface area contributed by atoms with Crippen molar-refractivity contribution in [2.24, 2.45) is 0 Å². The zero-order chi connectivity index (χ0) is 41.8. The normalized spacial score (nSPS) is 20.6. The molecule has 0 bridgehead atoms. The molecule has 1 unspecified atom stereocenters. The van der Waals surface area contributed by atoms with Gasteiger partial charge in [0.15, 0.2) is 5.60 Å². The van der Waals surface area contributed by atoms with Crippen molar-refractivity contribution < 1.29 is 36.9 Å². The summed E-state index contributed by atoms with van der Waals surface area (Å²) in [4.78, 5) is 4.63. The van der Waals surface area contributed by atoms with E-state index < -0.39 is 22.8 Å². The lowest BCUT2D eigenvalue weighted by molar-refractivity contribution is -0.137. The fraction of sp³-hybridized carbons (Fsp3) is 0.412. The molecule has 61 heavy (non-hydrogen) atoms. The average molecular weight is 831 g/mol. The van der Waals surface area contributed by atoms with E-state index in [1.165, 1.54) is 12.1 Å². The molecule has 0 N–H and O–H groups in total. The summed E-state index contributed by atoms with van der Waals surface area (Å²) >= 11 is 0. The molecule has 3 heterocycles. The van der Waals surface area contributed by atoms with Gasteiger partial charge in [-0.05, 0) is 102 Å². The van der Waals surface area contributed by atoms with Crippen LogP contribution in [-0.4, -0.2) is 66.3 Å². The molecule has 3 fully saturated rings. The minimum Gasteiger partial charge on any atom is -0.495 e. The van der Waals surface area contributed by atoms with Crippen LogP contribution in [0.1, 0.15) is 85.3 Å². The summed E-state index contributed by atoms with van der Waals surface area (Å²) in [6, 6.07) is 25.6. The second kappa shape index (κ2) is 15.9. The molecule has 10 rings (SSSR count). The van der Waals surface area contributed by atoms with Gasteiger partial charge >= 0.3 is 6.18 Å². The molecule has 318 valence electrons. The van der Waals surface area contributed by atoms with Gasteiger partial charge in [-0.1, -0.05) is 69.0 Å². The Balaban J connectivity index is 1.22. The van der Waals surface area contributed by atoms with Crippen LogP contribution in [0, 0.1) is 0 Å². The number of benzene rings is 5. The third-order valence-electron chi connectivity index (χ3n) is 13.7. The van der Waals surface area contributed by atoms with E-state index in [0.29, 0.717) is 57.6 Å². The monoisotopic (exact) mass is 830 g/mol. The summed E-state index contributed by atoms with van der Waals surface area (Å²) in [5.41, 5.74) is 6.36. The molecule has 5 aromatic carbocycles. The Morgan fingerprint density at radius 2 is 1.43 bits per heavy atom. The van der Waals surface area contributed by atoms with Gasteiger partial charge in [-0.15, -0.1) is 0 Å². The van der Waals surface area contributed by atoms with E-state index in [-0.39, 0.29) is 0 Å². The number of hydrogen-bond acceptors (Lipinski definition) is 7. The van der Waals surface area contributed by atoms with Crippen molar-refractivity contribution in [3.05, 3.63) is 118 Å². The van der Waals surface area contributed by atoms with Gasteiger partial charge in [0, 0.05) is 59.4 Å². The highest BCUT2D eigenvalue weighted by Crippen LogP contribution is 2.63. The first-order valence-electron chi connectivity index (χ1n) is 22.1. The Morgan fingerprint density at radius 3 is 2.08 bits per heavy atom. The summed E-state index contributed by atoms with van der Waals surface area (Å²) in [5, 5.41) is 1.81. The third-order valence-corrected chi connectivity index (χ3v) is 13.7. The summed E-state index contributed by atoms with van der Waals surface area (Å²) in [5.74, 6) is 2.22. The molecule has 5 aliphatic rings. The van der Waals surface area contributed by atoms with Crippen LogP contribution in [0.4, 0.5) is 24.5 Å². The highest BCUT2D eigenvalue weighted by molar-refractivity contribution is 6.10. The maximum atomic E-state index is 14.6. The van der Waals surface area contributed by atoms with Gasteiger partial charge in [-0.25, -0.2) is 0 Å². The summed E-state index contributed by atoms with van der Waals surface area (Å²) in [6.07, 6.45) is 6.36. The molecular weight excluding hydrogens is 778 g/mol. The van der Waals surface area contributed by atoms with Crippen molar-refractivity contribution in [3.63, 3.8) is 0 Å². The van der Waals surface area contributed by atoms with E-state index in [2.05, 4.69) is 77.4 Å². The number of halogens is 3. The molecule has 0 radical (unpaired) electrons. The first-order chi connectivity index (χ1) is 29.7. The maximum Gasteiger partial charge on any atom is 0.416 e. The van der Waals surface area contributed by atoms with Crippen molar-refractivity contribution in [1.29, 1.82) is 0 Å². The fourth-order valence-corrected chi connectivity index (χ4v) is 10.6. The lowest BCUT2D eigenvalue weighted by atomic mass is 9.66. The topological polar surface area (TPSA) is 52.6 Å². The number of ether oxygens (including phenoxy) is 5. The number of methoxy groups -OCH3 is 1. The number of anilines is 2. The molecule has 2 aliphatic carbocycles. The SMILES string of the molecule is CCCCOc1ccc(C2(c3ccc(N4CCOCC4)cc3)C=Cc3c4c(c5cc(N6CCOCC6)c(OC)cc5c3O2)-c2ccc(C(F)(F)F)cc2C42CCCCC2)cc1. The molecule has 10 heteroatoms. The van der Waals surface area contributed by atoms with Gasteiger partial charge in [-0.2, -0.15) is 13.2 Å². The lowest BCUT2D eigenvalue weighted by Gasteiger charge is -2.41. The van der Waals surface area contributed by atoms with Gasteiger partial charge in [0.2, 0.25) is 0 Å². The summed E-state index contributed by atoms with van der Waals surface area (Å²) in [6.45, 7) is 8.43. The molecule has 1 saturated carbocycles. The number of hydrogen-bond donors (Lipinski definition) is 0. The molecule has 0 aromatic heterocycles. The van der Waals surface area contributed by atoms with Crippen LogP contribution in [0.5, 0.6) is 17.2 Å². The maximum absolute atomic E-state index is 14.6. The fourth-order valence-electron chi connectivity index (χ4n) is 10.6. The molecule has 0 amide bonds. The number of fused-ring (bicyclic) bond motifs is 10. The van der Waals surface area contributed by atoms with Crippen LogP contribution in [0.15, 0.2) is 84.9 Å².